The summed E-state index contributed by atoms with van der Waals surface area (Å²) in [7, 11) is 0. The number of anilines is 1. The first-order chi connectivity index (χ1) is 6.15. The fourth-order valence-corrected chi connectivity index (χ4v) is 1.91. The van der Waals surface area contributed by atoms with Crippen molar-refractivity contribution in [3.8, 4) is 0 Å². The van der Waals surface area contributed by atoms with E-state index in [1.807, 2.05) is 12.1 Å². The van der Waals surface area contributed by atoms with Gasteiger partial charge in [-0.2, -0.15) is 0 Å². The summed E-state index contributed by atoms with van der Waals surface area (Å²) >= 11 is 0. The van der Waals surface area contributed by atoms with Crippen LogP contribution in [0.3, 0.4) is 0 Å². The van der Waals surface area contributed by atoms with Gasteiger partial charge >= 0.3 is 0 Å². The molecule has 0 aliphatic carbocycles. The highest BCUT2D eigenvalue weighted by molar-refractivity contribution is 5.64. The van der Waals surface area contributed by atoms with E-state index in [1.54, 1.807) is 0 Å². The SMILES string of the molecule is CC1(C)CNc2c(CO)cccc21. The summed E-state index contributed by atoms with van der Waals surface area (Å²) < 4.78 is 0. The highest BCUT2D eigenvalue weighted by atomic mass is 16.3. The Hall–Kier alpha value is -1.02. The molecule has 1 aliphatic rings. The maximum Gasteiger partial charge on any atom is 0.0702 e. The summed E-state index contributed by atoms with van der Waals surface area (Å²) in [4.78, 5) is 0. The maximum atomic E-state index is 9.13. The zero-order valence-corrected chi connectivity index (χ0v) is 8.09. The third-order valence-corrected chi connectivity index (χ3v) is 2.76. The van der Waals surface area contributed by atoms with Crippen LogP contribution in [0.2, 0.25) is 0 Å². The predicted octanol–water partition coefficient (Wildman–Crippen LogP) is 1.88. The Morgan fingerprint density at radius 1 is 1.46 bits per heavy atom. The van der Waals surface area contributed by atoms with E-state index in [0.717, 1.165) is 17.8 Å². The van der Waals surface area contributed by atoms with Crippen molar-refractivity contribution < 1.29 is 5.11 Å². The first kappa shape index (κ1) is 8.57. The number of hydrogen-bond donors (Lipinski definition) is 2. The van der Waals surface area contributed by atoms with Gasteiger partial charge in [0.1, 0.15) is 0 Å². The number of fused-ring (bicyclic) bond motifs is 1. The monoisotopic (exact) mass is 177 g/mol. The first-order valence-corrected chi connectivity index (χ1v) is 4.62. The summed E-state index contributed by atoms with van der Waals surface area (Å²) in [5.41, 5.74) is 3.65. The normalized spacial score (nSPS) is 18.1. The van der Waals surface area contributed by atoms with Crippen molar-refractivity contribution in [3.05, 3.63) is 29.3 Å². The Labute approximate surface area is 78.6 Å². The average Bonchev–Trinajstić information content (AvgIpc) is 2.43. The lowest BCUT2D eigenvalue weighted by atomic mass is 9.86. The lowest BCUT2D eigenvalue weighted by Crippen LogP contribution is -2.18. The second-order valence-corrected chi connectivity index (χ2v) is 4.24. The summed E-state index contributed by atoms with van der Waals surface area (Å²) in [6, 6.07) is 6.11. The Balaban J connectivity index is 2.56. The van der Waals surface area contributed by atoms with Crippen LogP contribution in [0, 0.1) is 0 Å². The van der Waals surface area contributed by atoms with Crippen LogP contribution in [0.15, 0.2) is 18.2 Å². The maximum absolute atomic E-state index is 9.13. The number of para-hydroxylation sites is 1. The number of rotatable bonds is 1. The van der Waals surface area contributed by atoms with Gasteiger partial charge in [-0.05, 0) is 5.56 Å². The lowest BCUT2D eigenvalue weighted by molar-refractivity contribution is 0.282. The van der Waals surface area contributed by atoms with Gasteiger partial charge in [0.25, 0.3) is 0 Å². The van der Waals surface area contributed by atoms with Crippen molar-refractivity contribution in [2.45, 2.75) is 25.9 Å². The minimum absolute atomic E-state index is 0.117. The lowest BCUT2D eigenvalue weighted by Gasteiger charge is -2.16. The molecule has 2 N–H and O–H groups in total. The molecule has 1 aromatic carbocycles. The van der Waals surface area contributed by atoms with E-state index in [0.29, 0.717) is 0 Å². The van der Waals surface area contributed by atoms with Gasteiger partial charge in [0, 0.05) is 23.2 Å². The van der Waals surface area contributed by atoms with E-state index >= 15 is 0 Å². The smallest absolute Gasteiger partial charge is 0.0702 e. The molecule has 0 fully saturated rings. The van der Waals surface area contributed by atoms with E-state index < -0.39 is 0 Å². The molecule has 0 spiro atoms. The highest BCUT2D eigenvalue weighted by Crippen LogP contribution is 2.38. The average molecular weight is 177 g/mol. The van der Waals surface area contributed by atoms with Crippen molar-refractivity contribution in [2.24, 2.45) is 0 Å². The molecule has 1 heterocycles. The summed E-state index contributed by atoms with van der Waals surface area (Å²) in [5.74, 6) is 0. The Kier molecular flexibility index (Phi) is 1.81. The van der Waals surface area contributed by atoms with Gasteiger partial charge in [-0.3, -0.25) is 0 Å². The first-order valence-electron chi connectivity index (χ1n) is 4.62. The molecule has 0 saturated heterocycles. The molecule has 0 unspecified atom stereocenters. The highest BCUT2D eigenvalue weighted by Gasteiger charge is 2.30. The van der Waals surface area contributed by atoms with Gasteiger partial charge in [-0.15, -0.1) is 0 Å². The molecule has 1 aromatic rings. The molecule has 2 heteroatoms. The third-order valence-electron chi connectivity index (χ3n) is 2.76. The number of hydrogen-bond acceptors (Lipinski definition) is 2. The second kappa shape index (κ2) is 2.74. The number of nitrogens with one attached hydrogen (secondary N) is 1. The fourth-order valence-electron chi connectivity index (χ4n) is 1.91. The largest absolute Gasteiger partial charge is 0.392 e. The van der Waals surface area contributed by atoms with Crippen LogP contribution in [0.4, 0.5) is 5.69 Å². The van der Waals surface area contributed by atoms with E-state index in [-0.39, 0.29) is 12.0 Å². The molecule has 0 radical (unpaired) electrons. The topological polar surface area (TPSA) is 32.3 Å². The molecule has 2 rings (SSSR count). The number of aliphatic hydroxyl groups excluding tert-OH is 1. The van der Waals surface area contributed by atoms with Crippen LogP contribution in [0.5, 0.6) is 0 Å². The molecule has 0 atom stereocenters. The second-order valence-electron chi connectivity index (χ2n) is 4.24. The number of benzene rings is 1. The molecule has 2 nitrogen and oxygen atoms in total. The quantitative estimate of drug-likeness (QED) is 0.686. The van der Waals surface area contributed by atoms with Gasteiger partial charge < -0.3 is 10.4 Å². The van der Waals surface area contributed by atoms with Crippen LogP contribution in [0.1, 0.15) is 25.0 Å². The van der Waals surface area contributed by atoms with Crippen LogP contribution >= 0.6 is 0 Å². The predicted molar refractivity (Wildman–Crippen MR) is 53.9 cm³/mol. The van der Waals surface area contributed by atoms with Gasteiger partial charge in [-0.25, -0.2) is 0 Å². The molecule has 1 aliphatic heterocycles. The number of aliphatic hydroxyl groups is 1. The van der Waals surface area contributed by atoms with E-state index in [9.17, 15) is 0 Å². The Bertz CT molecular complexity index is 331. The minimum atomic E-state index is 0.117. The van der Waals surface area contributed by atoms with Gasteiger partial charge in [0.05, 0.1) is 6.61 Å². The molecular weight excluding hydrogens is 162 g/mol. The van der Waals surface area contributed by atoms with Crippen LogP contribution in [-0.2, 0) is 12.0 Å². The van der Waals surface area contributed by atoms with Crippen molar-refractivity contribution in [1.29, 1.82) is 0 Å². The third kappa shape index (κ3) is 1.22. The van der Waals surface area contributed by atoms with Crippen molar-refractivity contribution in [3.63, 3.8) is 0 Å². The zero-order chi connectivity index (χ0) is 9.47. The van der Waals surface area contributed by atoms with Crippen molar-refractivity contribution in [2.75, 3.05) is 11.9 Å². The molecule has 0 amide bonds. The van der Waals surface area contributed by atoms with Crippen LogP contribution in [-0.4, -0.2) is 11.7 Å². The molecule has 0 saturated carbocycles. The van der Waals surface area contributed by atoms with E-state index in [1.165, 1.54) is 5.56 Å². The summed E-state index contributed by atoms with van der Waals surface area (Å²) in [6.45, 7) is 5.51. The van der Waals surface area contributed by atoms with E-state index in [4.69, 9.17) is 5.11 Å². The Morgan fingerprint density at radius 2 is 2.23 bits per heavy atom. The zero-order valence-electron chi connectivity index (χ0n) is 8.09. The molecule has 13 heavy (non-hydrogen) atoms. The molecule has 0 aromatic heterocycles. The van der Waals surface area contributed by atoms with Crippen molar-refractivity contribution in [1.82, 2.24) is 0 Å². The standard InChI is InChI=1S/C11H15NO/c1-11(2)7-12-10-8(6-13)4-3-5-9(10)11/h3-5,12-13H,6-7H2,1-2H3. The summed E-state index contributed by atoms with van der Waals surface area (Å²) in [6.07, 6.45) is 0. The van der Waals surface area contributed by atoms with E-state index in [2.05, 4.69) is 25.2 Å². The molecule has 0 bridgehead atoms. The minimum Gasteiger partial charge on any atom is -0.392 e. The van der Waals surface area contributed by atoms with Crippen molar-refractivity contribution >= 4 is 5.69 Å². The molecule has 70 valence electrons. The van der Waals surface area contributed by atoms with Crippen LogP contribution in [0.25, 0.3) is 0 Å². The van der Waals surface area contributed by atoms with Crippen LogP contribution < -0.4 is 5.32 Å². The van der Waals surface area contributed by atoms with Gasteiger partial charge in [-0.1, -0.05) is 32.0 Å². The van der Waals surface area contributed by atoms with Gasteiger partial charge in [0.2, 0.25) is 0 Å². The molecular formula is C11H15NO. The summed E-state index contributed by atoms with van der Waals surface area (Å²) in [5, 5.41) is 12.5. The Morgan fingerprint density at radius 3 is 2.92 bits per heavy atom. The fraction of sp³-hybridized carbons (Fsp3) is 0.455. The van der Waals surface area contributed by atoms with Gasteiger partial charge in [0.15, 0.2) is 0 Å².